The number of nitrogens with zero attached hydrogens (tertiary/aromatic N) is 4. The number of amides is 1. The van der Waals surface area contributed by atoms with Crippen molar-refractivity contribution < 1.29 is 9.18 Å². The molecular weight excluding hydrogens is 391 g/mol. The third-order valence-electron chi connectivity index (χ3n) is 5.29. The summed E-state index contributed by atoms with van der Waals surface area (Å²) in [6.45, 7) is 7.68. The van der Waals surface area contributed by atoms with Crippen LogP contribution in [0.4, 0.5) is 10.1 Å². The van der Waals surface area contributed by atoms with E-state index < -0.39 is 0 Å². The SMILES string of the molecule is CCCc1n[nH]c(=S)n1CC(=O)NC(C)c1cc(F)ccc1N1CCN(C)CC1. The molecule has 1 amide bonds. The number of aromatic nitrogens is 3. The van der Waals surface area contributed by atoms with E-state index in [4.69, 9.17) is 12.2 Å². The molecule has 9 heteroatoms. The number of H-pyrrole nitrogens is 1. The maximum atomic E-state index is 14.0. The predicted octanol–water partition coefficient (Wildman–Crippen LogP) is 2.66. The quantitative estimate of drug-likeness (QED) is 0.674. The molecule has 1 aliphatic heterocycles. The summed E-state index contributed by atoms with van der Waals surface area (Å²) in [5, 5.41) is 9.94. The number of nitrogens with one attached hydrogen (secondary N) is 2. The molecule has 0 radical (unpaired) electrons. The molecule has 3 rings (SSSR count). The second-order valence-electron chi connectivity index (χ2n) is 7.56. The van der Waals surface area contributed by atoms with E-state index >= 15 is 0 Å². The van der Waals surface area contributed by atoms with Crippen molar-refractivity contribution in [3.8, 4) is 0 Å². The molecule has 1 aliphatic rings. The number of aryl methyl sites for hydroxylation is 1. The zero-order chi connectivity index (χ0) is 21.0. The standard InChI is InChI=1S/C20H29FN6OS/c1-4-5-18-23-24-20(29)27(18)13-19(28)22-14(2)16-12-15(21)6-7-17(16)26-10-8-25(3)9-11-26/h6-7,12,14H,4-5,8-11,13H2,1-3H3,(H,22,28)(H,24,29). The molecule has 1 atom stereocenters. The number of aromatic amines is 1. The summed E-state index contributed by atoms with van der Waals surface area (Å²) < 4.78 is 16.1. The van der Waals surface area contributed by atoms with Crippen LogP contribution in [0.2, 0.25) is 0 Å². The minimum atomic E-state index is -0.330. The van der Waals surface area contributed by atoms with E-state index in [1.54, 1.807) is 4.57 Å². The Balaban J connectivity index is 1.74. The smallest absolute Gasteiger partial charge is 0.240 e. The zero-order valence-electron chi connectivity index (χ0n) is 17.2. The van der Waals surface area contributed by atoms with Gasteiger partial charge in [-0.15, -0.1) is 0 Å². The first-order valence-corrected chi connectivity index (χ1v) is 10.5. The van der Waals surface area contributed by atoms with Crippen LogP contribution in [0.25, 0.3) is 0 Å². The Morgan fingerprint density at radius 3 is 2.76 bits per heavy atom. The molecule has 2 aromatic rings. The molecule has 1 aromatic heterocycles. The lowest BCUT2D eigenvalue weighted by atomic mass is 10.0. The highest BCUT2D eigenvalue weighted by atomic mass is 32.1. The first kappa shape index (κ1) is 21.4. The van der Waals surface area contributed by atoms with Gasteiger partial charge in [-0.3, -0.25) is 14.5 Å². The van der Waals surface area contributed by atoms with E-state index in [1.165, 1.54) is 12.1 Å². The number of piperazine rings is 1. The van der Waals surface area contributed by atoms with E-state index in [0.29, 0.717) is 4.77 Å². The van der Waals surface area contributed by atoms with Crippen LogP contribution in [0.5, 0.6) is 0 Å². The van der Waals surface area contributed by atoms with Crippen molar-refractivity contribution >= 4 is 23.8 Å². The Morgan fingerprint density at radius 1 is 1.34 bits per heavy atom. The van der Waals surface area contributed by atoms with Crippen molar-refractivity contribution in [3.63, 3.8) is 0 Å². The fourth-order valence-electron chi connectivity index (χ4n) is 3.64. The van der Waals surface area contributed by atoms with Crippen LogP contribution in [0, 0.1) is 10.6 Å². The largest absolute Gasteiger partial charge is 0.369 e. The van der Waals surface area contributed by atoms with Crippen molar-refractivity contribution in [2.45, 2.75) is 39.3 Å². The fraction of sp³-hybridized carbons (Fsp3) is 0.550. The van der Waals surface area contributed by atoms with E-state index in [0.717, 1.165) is 56.1 Å². The van der Waals surface area contributed by atoms with Crippen LogP contribution < -0.4 is 10.2 Å². The lowest BCUT2D eigenvalue weighted by Gasteiger charge is -2.36. The van der Waals surface area contributed by atoms with Crippen LogP contribution in [-0.4, -0.2) is 58.8 Å². The number of hydrogen-bond donors (Lipinski definition) is 2. The summed E-state index contributed by atoms with van der Waals surface area (Å²) in [5.41, 5.74) is 1.76. The third kappa shape index (κ3) is 5.22. The average Bonchev–Trinajstić information content (AvgIpc) is 3.02. The van der Waals surface area contributed by atoms with Gasteiger partial charge in [0.15, 0.2) is 4.77 Å². The molecule has 1 saturated heterocycles. The van der Waals surface area contributed by atoms with Gasteiger partial charge in [0.2, 0.25) is 5.91 Å². The number of rotatable bonds is 7. The molecule has 7 nitrogen and oxygen atoms in total. The van der Waals surface area contributed by atoms with E-state index in [2.05, 4.69) is 32.4 Å². The van der Waals surface area contributed by atoms with Crippen LogP contribution in [-0.2, 0) is 17.8 Å². The monoisotopic (exact) mass is 420 g/mol. The molecule has 0 bridgehead atoms. The first-order chi connectivity index (χ1) is 13.9. The van der Waals surface area contributed by atoms with Crippen molar-refractivity contribution in [1.29, 1.82) is 0 Å². The molecule has 1 unspecified atom stereocenters. The van der Waals surface area contributed by atoms with Crippen molar-refractivity contribution in [3.05, 3.63) is 40.2 Å². The fourth-order valence-corrected chi connectivity index (χ4v) is 3.86. The Labute approximate surface area is 175 Å². The average molecular weight is 421 g/mol. The molecule has 0 saturated carbocycles. The maximum absolute atomic E-state index is 14.0. The number of hydrogen-bond acceptors (Lipinski definition) is 5. The lowest BCUT2D eigenvalue weighted by molar-refractivity contribution is -0.122. The number of carbonyl (C=O) groups is 1. The number of anilines is 1. The van der Waals surface area contributed by atoms with Gasteiger partial charge in [0.1, 0.15) is 18.2 Å². The van der Waals surface area contributed by atoms with E-state index in [1.807, 2.05) is 19.9 Å². The molecule has 2 N–H and O–H groups in total. The normalized spacial score (nSPS) is 16.1. The summed E-state index contributed by atoms with van der Waals surface area (Å²) in [6, 6.07) is 4.48. The van der Waals surface area contributed by atoms with Crippen molar-refractivity contribution in [2.75, 3.05) is 38.1 Å². The Hall–Kier alpha value is -2.26. The number of likely N-dealkylation sites (N-methyl/N-ethyl adjacent to an activating group) is 1. The van der Waals surface area contributed by atoms with Crippen molar-refractivity contribution in [2.24, 2.45) is 0 Å². The minimum absolute atomic E-state index is 0.0914. The second-order valence-corrected chi connectivity index (χ2v) is 7.95. The van der Waals surface area contributed by atoms with Gasteiger partial charge in [-0.2, -0.15) is 5.10 Å². The highest BCUT2D eigenvalue weighted by Gasteiger charge is 2.21. The van der Waals surface area contributed by atoms with E-state index in [-0.39, 0.29) is 24.3 Å². The maximum Gasteiger partial charge on any atom is 0.240 e. The number of benzene rings is 1. The molecule has 158 valence electrons. The molecule has 0 aliphatic carbocycles. The first-order valence-electron chi connectivity index (χ1n) is 10.1. The second kappa shape index (κ2) is 9.49. The summed E-state index contributed by atoms with van der Waals surface area (Å²) >= 11 is 5.25. The van der Waals surface area contributed by atoms with Crippen LogP contribution in [0.1, 0.15) is 37.7 Å². The van der Waals surface area contributed by atoms with Crippen LogP contribution >= 0.6 is 12.2 Å². The number of carbonyl (C=O) groups excluding carboxylic acids is 1. The predicted molar refractivity (Wildman–Crippen MR) is 114 cm³/mol. The molecule has 2 heterocycles. The summed E-state index contributed by atoms with van der Waals surface area (Å²) in [5.74, 6) is 0.284. The zero-order valence-corrected chi connectivity index (χ0v) is 18.1. The number of halogens is 1. The Morgan fingerprint density at radius 2 is 2.07 bits per heavy atom. The summed E-state index contributed by atoms with van der Waals surface area (Å²) in [6.07, 6.45) is 1.66. The lowest BCUT2D eigenvalue weighted by Crippen LogP contribution is -2.45. The highest BCUT2D eigenvalue weighted by Crippen LogP contribution is 2.28. The summed E-state index contributed by atoms with van der Waals surface area (Å²) in [7, 11) is 2.10. The molecule has 29 heavy (non-hydrogen) atoms. The Bertz CT molecular complexity index is 903. The molecule has 0 spiro atoms. The van der Waals surface area contributed by atoms with Gasteiger partial charge in [-0.1, -0.05) is 6.92 Å². The molecular formula is C20H29FN6OS. The van der Waals surface area contributed by atoms with E-state index in [9.17, 15) is 9.18 Å². The molecule has 1 fully saturated rings. The van der Waals surface area contributed by atoms with Crippen LogP contribution in [0.15, 0.2) is 18.2 Å². The topological polar surface area (TPSA) is 69.2 Å². The highest BCUT2D eigenvalue weighted by molar-refractivity contribution is 7.71. The van der Waals surface area contributed by atoms with Gasteiger partial charge in [-0.05, 0) is 50.8 Å². The van der Waals surface area contributed by atoms with Crippen LogP contribution in [0.3, 0.4) is 0 Å². The van der Waals surface area contributed by atoms with Gasteiger partial charge in [0.25, 0.3) is 0 Å². The van der Waals surface area contributed by atoms with Gasteiger partial charge < -0.3 is 15.1 Å². The molecule has 1 aromatic carbocycles. The van der Waals surface area contributed by atoms with Gasteiger partial charge in [0, 0.05) is 43.9 Å². The Kier molecular flexibility index (Phi) is 7.02. The minimum Gasteiger partial charge on any atom is -0.369 e. The summed E-state index contributed by atoms with van der Waals surface area (Å²) in [4.78, 5) is 17.2. The van der Waals surface area contributed by atoms with Crippen molar-refractivity contribution in [1.82, 2.24) is 25.0 Å². The van der Waals surface area contributed by atoms with Gasteiger partial charge in [-0.25, -0.2) is 4.39 Å². The van der Waals surface area contributed by atoms with Gasteiger partial charge >= 0.3 is 0 Å². The van der Waals surface area contributed by atoms with Gasteiger partial charge in [0.05, 0.1) is 6.04 Å². The third-order valence-corrected chi connectivity index (χ3v) is 5.60.